The van der Waals surface area contributed by atoms with Gasteiger partial charge in [-0.3, -0.25) is 4.90 Å². The lowest BCUT2D eigenvalue weighted by Crippen LogP contribution is -2.37. The molecule has 3 rings (SSSR count). The minimum atomic E-state index is -0.112. The van der Waals surface area contributed by atoms with Crippen LogP contribution in [-0.2, 0) is 21.4 Å². The van der Waals surface area contributed by atoms with Gasteiger partial charge in [-0.25, -0.2) is 0 Å². The molecular formula is C17H29N3O3. The number of nitrogens with zero attached hydrogens (tertiary/aromatic N) is 3. The van der Waals surface area contributed by atoms with Crippen molar-refractivity contribution in [2.75, 3.05) is 26.3 Å². The topological polar surface area (TPSA) is 60.6 Å². The molecular weight excluding hydrogens is 294 g/mol. The molecule has 1 aromatic heterocycles. The summed E-state index contributed by atoms with van der Waals surface area (Å²) in [6.07, 6.45) is 5.25. The van der Waals surface area contributed by atoms with E-state index in [0.717, 1.165) is 57.8 Å². The fraction of sp³-hybridized carbons (Fsp3) is 0.882. The first-order chi connectivity index (χ1) is 11.0. The molecule has 3 heterocycles. The highest BCUT2D eigenvalue weighted by Crippen LogP contribution is 2.21. The summed E-state index contributed by atoms with van der Waals surface area (Å²) in [5.74, 6) is 1.45. The van der Waals surface area contributed by atoms with Crippen LogP contribution in [0.15, 0.2) is 4.52 Å². The molecule has 23 heavy (non-hydrogen) atoms. The standard InChI is InChI=1S/C17H29N3O3/c1-17(2,3)16-18-15(19-23-16)12-20(10-13-6-4-8-21-13)11-14-7-5-9-22-14/h13-14H,4-12H2,1-3H3/t13-,14+. The summed E-state index contributed by atoms with van der Waals surface area (Å²) >= 11 is 0. The average Bonchev–Trinajstić information content (AvgIpc) is 3.18. The van der Waals surface area contributed by atoms with Crippen LogP contribution in [-0.4, -0.2) is 53.6 Å². The molecule has 2 aliphatic heterocycles. The third-order valence-electron chi connectivity index (χ3n) is 4.45. The molecule has 6 heteroatoms. The molecule has 0 saturated carbocycles. The minimum absolute atomic E-state index is 0.112. The van der Waals surface area contributed by atoms with Gasteiger partial charge in [0, 0.05) is 31.7 Å². The maximum Gasteiger partial charge on any atom is 0.232 e. The molecule has 2 fully saturated rings. The molecule has 0 N–H and O–H groups in total. The minimum Gasteiger partial charge on any atom is -0.377 e. The molecule has 0 radical (unpaired) electrons. The maximum atomic E-state index is 5.80. The smallest absolute Gasteiger partial charge is 0.232 e. The van der Waals surface area contributed by atoms with Crippen molar-refractivity contribution < 1.29 is 14.0 Å². The van der Waals surface area contributed by atoms with Crippen LogP contribution in [0.5, 0.6) is 0 Å². The van der Waals surface area contributed by atoms with E-state index >= 15 is 0 Å². The second-order valence-electron chi connectivity index (χ2n) is 7.73. The summed E-state index contributed by atoms with van der Waals surface area (Å²) in [4.78, 5) is 6.93. The van der Waals surface area contributed by atoms with E-state index in [4.69, 9.17) is 14.0 Å². The van der Waals surface area contributed by atoms with Crippen molar-refractivity contribution in [1.82, 2.24) is 15.0 Å². The third kappa shape index (κ3) is 4.75. The van der Waals surface area contributed by atoms with Crippen molar-refractivity contribution in [3.63, 3.8) is 0 Å². The van der Waals surface area contributed by atoms with E-state index in [1.807, 2.05) is 0 Å². The van der Waals surface area contributed by atoms with Crippen LogP contribution >= 0.6 is 0 Å². The van der Waals surface area contributed by atoms with E-state index in [-0.39, 0.29) is 5.41 Å². The molecule has 1 aromatic rings. The molecule has 2 saturated heterocycles. The van der Waals surface area contributed by atoms with Gasteiger partial charge in [0.1, 0.15) is 0 Å². The van der Waals surface area contributed by atoms with Gasteiger partial charge in [-0.05, 0) is 25.7 Å². The highest BCUT2D eigenvalue weighted by atomic mass is 16.5. The first-order valence-electron chi connectivity index (χ1n) is 8.79. The predicted octanol–water partition coefficient (Wildman–Crippen LogP) is 2.53. The Morgan fingerprint density at radius 1 is 1.04 bits per heavy atom. The number of rotatable bonds is 6. The number of hydrogen-bond acceptors (Lipinski definition) is 6. The highest BCUT2D eigenvalue weighted by molar-refractivity contribution is 4.98. The predicted molar refractivity (Wildman–Crippen MR) is 86.2 cm³/mol. The van der Waals surface area contributed by atoms with Crippen molar-refractivity contribution in [1.29, 1.82) is 0 Å². The molecule has 0 unspecified atom stereocenters. The molecule has 0 amide bonds. The van der Waals surface area contributed by atoms with Gasteiger partial charge in [-0.1, -0.05) is 25.9 Å². The first kappa shape index (κ1) is 16.9. The Morgan fingerprint density at radius 3 is 2.09 bits per heavy atom. The van der Waals surface area contributed by atoms with Crippen LogP contribution in [0.2, 0.25) is 0 Å². The molecule has 130 valence electrons. The molecule has 0 aromatic carbocycles. The molecule has 2 aliphatic rings. The van der Waals surface area contributed by atoms with E-state index in [1.165, 1.54) is 0 Å². The Balaban J connectivity index is 1.62. The largest absolute Gasteiger partial charge is 0.377 e. The lowest BCUT2D eigenvalue weighted by Gasteiger charge is -2.26. The lowest BCUT2D eigenvalue weighted by atomic mass is 9.97. The fourth-order valence-corrected chi connectivity index (χ4v) is 3.18. The summed E-state index contributed by atoms with van der Waals surface area (Å²) < 4.78 is 17.0. The quantitative estimate of drug-likeness (QED) is 0.802. The number of hydrogen-bond donors (Lipinski definition) is 0. The fourth-order valence-electron chi connectivity index (χ4n) is 3.18. The molecule has 0 aliphatic carbocycles. The first-order valence-corrected chi connectivity index (χ1v) is 8.79. The van der Waals surface area contributed by atoms with E-state index in [1.54, 1.807) is 0 Å². The lowest BCUT2D eigenvalue weighted by molar-refractivity contribution is 0.0334. The Hall–Kier alpha value is -0.980. The van der Waals surface area contributed by atoms with Gasteiger partial charge in [-0.2, -0.15) is 4.98 Å². The van der Waals surface area contributed by atoms with Crippen molar-refractivity contribution >= 4 is 0 Å². The van der Waals surface area contributed by atoms with Crippen LogP contribution in [0.3, 0.4) is 0 Å². The molecule has 6 nitrogen and oxygen atoms in total. The van der Waals surface area contributed by atoms with Gasteiger partial charge in [0.2, 0.25) is 5.89 Å². The summed E-state index contributed by atoms with van der Waals surface area (Å²) in [7, 11) is 0. The van der Waals surface area contributed by atoms with Gasteiger partial charge in [0.15, 0.2) is 5.82 Å². The average molecular weight is 323 g/mol. The Labute approximate surface area is 138 Å². The monoisotopic (exact) mass is 323 g/mol. The summed E-state index contributed by atoms with van der Waals surface area (Å²) in [5, 5.41) is 4.16. The zero-order chi connectivity index (χ0) is 16.3. The maximum absolute atomic E-state index is 5.80. The van der Waals surface area contributed by atoms with E-state index < -0.39 is 0 Å². The van der Waals surface area contributed by atoms with Crippen molar-refractivity contribution in [3.8, 4) is 0 Å². The van der Waals surface area contributed by atoms with Crippen LogP contribution in [0, 0.1) is 0 Å². The molecule has 0 spiro atoms. The van der Waals surface area contributed by atoms with E-state index in [2.05, 4.69) is 35.8 Å². The zero-order valence-corrected chi connectivity index (χ0v) is 14.6. The van der Waals surface area contributed by atoms with Crippen molar-refractivity contribution in [2.45, 2.75) is 70.6 Å². The number of ether oxygens (including phenoxy) is 2. The van der Waals surface area contributed by atoms with E-state index in [9.17, 15) is 0 Å². The second kappa shape index (κ2) is 7.28. The third-order valence-corrected chi connectivity index (χ3v) is 4.45. The highest BCUT2D eigenvalue weighted by Gasteiger charge is 2.26. The van der Waals surface area contributed by atoms with Crippen molar-refractivity contribution in [2.24, 2.45) is 0 Å². The Morgan fingerprint density at radius 2 is 1.65 bits per heavy atom. The summed E-state index contributed by atoms with van der Waals surface area (Å²) in [5.41, 5.74) is -0.112. The van der Waals surface area contributed by atoms with Gasteiger partial charge in [-0.15, -0.1) is 0 Å². The van der Waals surface area contributed by atoms with E-state index in [0.29, 0.717) is 24.6 Å². The normalized spacial score (nSPS) is 25.6. The van der Waals surface area contributed by atoms with Crippen LogP contribution in [0.1, 0.15) is 58.2 Å². The van der Waals surface area contributed by atoms with Crippen molar-refractivity contribution in [3.05, 3.63) is 11.7 Å². The Bertz CT molecular complexity index is 468. The van der Waals surface area contributed by atoms with Gasteiger partial charge in [0.25, 0.3) is 0 Å². The van der Waals surface area contributed by atoms with Crippen LogP contribution in [0.25, 0.3) is 0 Å². The van der Waals surface area contributed by atoms with Gasteiger partial charge < -0.3 is 14.0 Å². The summed E-state index contributed by atoms with van der Waals surface area (Å²) in [6.45, 7) is 10.5. The Kier molecular flexibility index (Phi) is 5.34. The van der Waals surface area contributed by atoms with Gasteiger partial charge >= 0.3 is 0 Å². The van der Waals surface area contributed by atoms with Crippen LogP contribution < -0.4 is 0 Å². The molecule has 0 bridgehead atoms. The molecule has 2 atom stereocenters. The van der Waals surface area contributed by atoms with Crippen LogP contribution in [0.4, 0.5) is 0 Å². The zero-order valence-electron chi connectivity index (χ0n) is 14.6. The summed E-state index contributed by atoms with van der Waals surface area (Å²) in [6, 6.07) is 0. The number of aromatic nitrogens is 2. The second-order valence-corrected chi connectivity index (χ2v) is 7.73. The SMILES string of the molecule is CC(C)(C)c1nc(CN(C[C@H]2CCCO2)C[C@@H]2CCCO2)no1. The van der Waals surface area contributed by atoms with Gasteiger partial charge in [0.05, 0.1) is 18.8 Å².